The number of carbonyl (C=O) groups is 1. The fourth-order valence-corrected chi connectivity index (χ4v) is 3.24. The highest BCUT2D eigenvalue weighted by molar-refractivity contribution is 5.77. The first kappa shape index (κ1) is 22.4. The van der Waals surface area contributed by atoms with E-state index in [0.29, 0.717) is 16.8 Å². The number of phenols is 1. The van der Waals surface area contributed by atoms with E-state index in [1.807, 2.05) is 0 Å². The van der Waals surface area contributed by atoms with Crippen LogP contribution in [0.1, 0.15) is 5.69 Å². The van der Waals surface area contributed by atoms with Gasteiger partial charge < -0.3 is 14.9 Å². The Kier molecular flexibility index (Phi) is 5.92. The van der Waals surface area contributed by atoms with Gasteiger partial charge in [-0.15, -0.1) is 10.2 Å². The lowest BCUT2D eigenvalue weighted by Crippen LogP contribution is -2.14. The van der Waals surface area contributed by atoms with Gasteiger partial charge in [0.1, 0.15) is 11.4 Å². The fraction of sp³-hybridized carbons (Fsp3) is 0.0435. The minimum absolute atomic E-state index is 0.0430. The first-order valence-corrected chi connectivity index (χ1v) is 9.76. The van der Waals surface area contributed by atoms with E-state index < -0.39 is 23.3 Å². The zero-order valence-corrected chi connectivity index (χ0v) is 17.5. The summed E-state index contributed by atoms with van der Waals surface area (Å²) in [5, 5.41) is 30.1. The number of H-pyrrole nitrogens is 1. The SMILES string of the molecule is Cc1[nH]n(-c2ccc(F)c(F)c2)c(=O)c1N=Nc1cccc(-c2cccc(OC(=O)O)c2)c1O. The summed E-state index contributed by atoms with van der Waals surface area (Å²) in [6.45, 7) is 1.55. The van der Waals surface area contributed by atoms with Gasteiger partial charge in [0.2, 0.25) is 0 Å². The highest BCUT2D eigenvalue weighted by Gasteiger charge is 2.15. The average molecular weight is 466 g/mol. The van der Waals surface area contributed by atoms with Gasteiger partial charge in [0.25, 0.3) is 5.56 Å². The number of hydrogen-bond acceptors (Lipinski definition) is 6. The summed E-state index contributed by atoms with van der Waals surface area (Å²) in [5.41, 5.74) is 0.479. The summed E-state index contributed by atoms with van der Waals surface area (Å²) in [7, 11) is 0. The van der Waals surface area contributed by atoms with Crippen molar-refractivity contribution in [2.45, 2.75) is 6.92 Å². The molecule has 0 aliphatic heterocycles. The number of halogens is 2. The molecule has 0 unspecified atom stereocenters. The number of carboxylic acid groups (broad SMARTS) is 1. The second kappa shape index (κ2) is 8.98. The molecule has 0 bridgehead atoms. The van der Waals surface area contributed by atoms with Crippen LogP contribution >= 0.6 is 0 Å². The molecule has 3 N–H and O–H groups in total. The van der Waals surface area contributed by atoms with Gasteiger partial charge in [-0.2, -0.15) is 0 Å². The molecule has 0 saturated heterocycles. The Morgan fingerprint density at radius 2 is 1.79 bits per heavy atom. The number of hydrogen-bond donors (Lipinski definition) is 3. The number of aromatic hydroxyl groups is 1. The Morgan fingerprint density at radius 1 is 1.03 bits per heavy atom. The second-order valence-electron chi connectivity index (χ2n) is 7.09. The Morgan fingerprint density at radius 3 is 2.53 bits per heavy atom. The van der Waals surface area contributed by atoms with Crippen molar-refractivity contribution in [1.82, 2.24) is 9.78 Å². The van der Waals surface area contributed by atoms with E-state index in [1.54, 1.807) is 31.2 Å². The van der Waals surface area contributed by atoms with Crippen LogP contribution in [0.3, 0.4) is 0 Å². The number of aromatic amines is 1. The van der Waals surface area contributed by atoms with Crippen molar-refractivity contribution in [3.8, 4) is 28.3 Å². The summed E-state index contributed by atoms with van der Waals surface area (Å²) >= 11 is 0. The van der Waals surface area contributed by atoms with Crippen LogP contribution in [0.2, 0.25) is 0 Å². The Bertz CT molecular complexity index is 1490. The molecule has 4 aromatic rings. The third kappa shape index (κ3) is 4.39. The maximum atomic E-state index is 13.6. The topological polar surface area (TPSA) is 129 Å². The van der Waals surface area contributed by atoms with Gasteiger partial charge in [0.05, 0.1) is 11.4 Å². The highest BCUT2D eigenvalue weighted by atomic mass is 19.2. The number of aromatic nitrogens is 2. The van der Waals surface area contributed by atoms with E-state index in [9.17, 15) is 23.5 Å². The third-order valence-electron chi connectivity index (χ3n) is 4.82. The monoisotopic (exact) mass is 466 g/mol. The molecule has 0 amide bonds. The van der Waals surface area contributed by atoms with Gasteiger partial charge in [-0.1, -0.05) is 24.3 Å². The maximum absolute atomic E-state index is 13.6. The number of azo groups is 1. The van der Waals surface area contributed by atoms with E-state index in [1.165, 1.54) is 24.3 Å². The van der Waals surface area contributed by atoms with Crippen LogP contribution < -0.4 is 10.3 Å². The molecule has 0 atom stereocenters. The lowest BCUT2D eigenvalue weighted by Gasteiger charge is -2.08. The number of nitrogens with zero attached hydrogens (tertiary/aromatic N) is 3. The number of phenolic OH excluding ortho intramolecular Hbond substituents is 1. The van der Waals surface area contributed by atoms with Gasteiger partial charge in [-0.05, 0) is 42.8 Å². The molecular weight excluding hydrogens is 450 g/mol. The highest BCUT2D eigenvalue weighted by Crippen LogP contribution is 2.38. The molecule has 9 nitrogen and oxygen atoms in total. The minimum atomic E-state index is -1.47. The summed E-state index contributed by atoms with van der Waals surface area (Å²) in [5.74, 6) is -2.35. The van der Waals surface area contributed by atoms with Crippen molar-refractivity contribution < 1.29 is 28.5 Å². The Labute approximate surface area is 190 Å². The largest absolute Gasteiger partial charge is 0.511 e. The molecule has 34 heavy (non-hydrogen) atoms. The van der Waals surface area contributed by atoms with Crippen LogP contribution in [0, 0.1) is 18.6 Å². The number of nitrogens with one attached hydrogen (secondary N) is 1. The lowest BCUT2D eigenvalue weighted by atomic mass is 10.0. The van der Waals surface area contributed by atoms with Crippen LogP contribution in [0.5, 0.6) is 11.5 Å². The Hall–Kier alpha value is -4.80. The van der Waals surface area contributed by atoms with Crippen molar-refractivity contribution in [2.24, 2.45) is 10.2 Å². The van der Waals surface area contributed by atoms with Crippen LogP contribution in [0.15, 0.2) is 75.7 Å². The summed E-state index contributed by atoms with van der Waals surface area (Å²) in [6, 6.07) is 13.7. The molecule has 3 aromatic carbocycles. The minimum Gasteiger partial charge on any atom is -0.505 e. The van der Waals surface area contributed by atoms with Gasteiger partial charge in [0, 0.05) is 11.6 Å². The molecule has 0 radical (unpaired) electrons. The molecular formula is C23H16F2N4O5. The van der Waals surface area contributed by atoms with Crippen molar-refractivity contribution in [3.63, 3.8) is 0 Å². The second-order valence-corrected chi connectivity index (χ2v) is 7.09. The number of para-hydroxylation sites is 1. The zero-order chi connectivity index (χ0) is 24.4. The lowest BCUT2D eigenvalue weighted by molar-refractivity contribution is 0.144. The fourth-order valence-electron chi connectivity index (χ4n) is 3.24. The van der Waals surface area contributed by atoms with Crippen molar-refractivity contribution in [1.29, 1.82) is 0 Å². The molecule has 0 aliphatic carbocycles. The zero-order valence-electron chi connectivity index (χ0n) is 17.5. The number of rotatable bonds is 5. The van der Waals surface area contributed by atoms with Gasteiger partial charge in [-0.25, -0.2) is 18.3 Å². The molecule has 4 rings (SSSR count). The normalized spacial score (nSPS) is 11.1. The van der Waals surface area contributed by atoms with E-state index in [4.69, 9.17) is 5.11 Å². The summed E-state index contributed by atoms with van der Waals surface area (Å²) in [6.07, 6.45) is -1.47. The molecule has 1 heterocycles. The predicted octanol–water partition coefficient (Wildman–Crippen LogP) is 5.60. The predicted molar refractivity (Wildman–Crippen MR) is 117 cm³/mol. The number of aryl methyl sites for hydroxylation is 1. The van der Waals surface area contributed by atoms with Gasteiger partial charge >= 0.3 is 6.16 Å². The maximum Gasteiger partial charge on any atom is 0.511 e. The van der Waals surface area contributed by atoms with Crippen LogP contribution in [-0.2, 0) is 0 Å². The van der Waals surface area contributed by atoms with E-state index in [0.717, 1.165) is 16.8 Å². The molecule has 0 aliphatic rings. The van der Waals surface area contributed by atoms with Crippen LogP contribution in [0.4, 0.5) is 25.0 Å². The molecule has 1 aromatic heterocycles. The van der Waals surface area contributed by atoms with Gasteiger partial charge in [0.15, 0.2) is 23.1 Å². The van der Waals surface area contributed by atoms with Crippen LogP contribution in [-0.4, -0.2) is 26.1 Å². The third-order valence-corrected chi connectivity index (χ3v) is 4.82. The van der Waals surface area contributed by atoms with Gasteiger partial charge in [-0.3, -0.25) is 9.89 Å². The van der Waals surface area contributed by atoms with E-state index in [2.05, 4.69) is 20.1 Å². The standard InChI is InChI=1S/C23H16F2N4O5/c1-12-20(22(31)29(28-12)14-8-9-17(24)18(25)11-14)27-26-19-7-3-6-16(21(19)30)13-4-2-5-15(10-13)34-23(32)33/h2-11,28,30H,1H3,(H,32,33). The van der Waals surface area contributed by atoms with Crippen molar-refractivity contribution in [2.75, 3.05) is 0 Å². The summed E-state index contributed by atoms with van der Waals surface area (Å²) < 4.78 is 32.4. The molecule has 0 spiro atoms. The van der Waals surface area contributed by atoms with Crippen LogP contribution in [0.25, 0.3) is 16.8 Å². The van der Waals surface area contributed by atoms with E-state index in [-0.39, 0.29) is 28.6 Å². The molecule has 0 saturated carbocycles. The Balaban J connectivity index is 1.68. The quantitative estimate of drug-likeness (QED) is 0.200. The van der Waals surface area contributed by atoms with E-state index >= 15 is 0 Å². The molecule has 172 valence electrons. The van der Waals surface area contributed by atoms with Crippen molar-refractivity contribution in [3.05, 3.63) is 88.3 Å². The average Bonchev–Trinajstić information content (AvgIpc) is 3.08. The molecule has 0 fully saturated rings. The number of benzene rings is 3. The summed E-state index contributed by atoms with van der Waals surface area (Å²) in [4.78, 5) is 23.5. The smallest absolute Gasteiger partial charge is 0.505 e. The first-order valence-electron chi connectivity index (χ1n) is 9.76. The van der Waals surface area contributed by atoms with Crippen molar-refractivity contribution >= 4 is 17.5 Å². The number of ether oxygens (including phenoxy) is 1. The molecule has 11 heteroatoms. The first-order chi connectivity index (χ1) is 16.2.